The molecule has 0 spiro atoms. The predicted molar refractivity (Wildman–Crippen MR) is 90.1 cm³/mol. The number of anilines is 3. The van der Waals surface area contributed by atoms with Crippen LogP contribution in [0.25, 0.3) is 0 Å². The second-order valence-corrected chi connectivity index (χ2v) is 5.45. The second-order valence-electron chi connectivity index (χ2n) is 5.45. The van der Waals surface area contributed by atoms with Gasteiger partial charge in [0, 0.05) is 12.1 Å². The highest BCUT2D eigenvalue weighted by molar-refractivity contribution is 5.70. The number of ether oxygens (including phenoxy) is 1. The smallest absolute Gasteiger partial charge is 0.433 e. The normalized spacial score (nSPS) is 12.4. The van der Waals surface area contributed by atoms with E-state index in [1.165, 1.54) is 26.2 Å². The van der Waals surface area contributed by atoms with E-state index in [4.69, 9.17) is 9.84 Å². The van der Waals surface area contributed by atoms with Crippen molar-refractivity contribution >= 4 is 23.1 Å². The molecule has 146 valence electrons. The van der Waals surface area contributed by atoms with E-state index in [0.717, 1.165) is 6.07 Å². The lowest BCUT2D eigenvalue weighted by Crippen LogP contribution is -2.22. The molecule has 0 radical (unpaired) electrons. The van der Waals surface area contributed by atoms with E-state index in [1.807, 2.05) is 0 Å². The van der Waals surface area contributed by atoms with E-state index >= 15 is 0 Å². The third-order valence-corrected chi connectivity index (χ3v) is 3.33. The minimum absolute atomic E-state index is 0.0752. The zero-order valence-electron chi connectivity index (χ0n) is 14.2. The van der Waals surface area contributed by atoms with Crippen molar-refractivity contribution in [2.45, 2.75) is 19.1 Å². The minimum atomic E-state index is -4.76. The van der Waals surface area contributed by atoms with Crippen LogP contribution in [0.5, 0.6) is 5.75 Å². The first-order valence-corrected chi connectivity index (χ1v) is 7.57. The molecule has 12 heteroatoms. The van der Waals surface area contributed by atoms with Crippen molar-refractivity contribution in [3.8, 4) is 5.75 Å². The minimum Gasteiger partial charge on any atom is -0.496 e. The van der Waals surface area contributed by atoms with Crippen LogP contribution in [-0.4, -0.2) is 39.8 Å². The molecule has 3 N–H and O–H groups in total. The van der Waals surface area contributed by atoms with E-state index in [9.17, 15) is 23.3 Å². The molecular weight excluding hydrogens is 371 g/mol. The molecule has 1 atom stereocenters. The van der Waals surface area contributed by atoms with Gasteiger partial charge in [-0.1, -0.05) is 0 Å². The maximum absolute atomic E-state index is 13.1. The Balaban J connectivity index is 2.46. The van der Waals surface area contributed by atoms with Crippen LogP contribution in [0.3, 0.4) is 0 Å². The highest BCUT2D eigenvalue weighted by Crippen LogP contribution is 2.33. The summed E-state index contributed by atoms with van der Waals surface area (Å²) in [5, 5.41) is 25.3. The molecule has 1 aromatic carbocycles. The Morgan fingerprint density at radius 3 is 2.59 bits per heavy atom. The van der Waals surface area contributed by atoms with Gasteiger partial charge in [0.2, 0.25) is 5.95 Å². The van der Waals surface area contributed by atoms with Crippen LogP contribution in [0.4, 0.5) is 36.3 Å². The molecule has 0 aliphatic heterocycles. The molecular formula is C15H16F3N5O4. The number of nitro groups is 1. The average Bonchev–Trinajstić information content (AvgIpc) is 2.60. The fourth-order valence-electron chi connectivity index (χ4n) is 2.02. The van der Waals surface area contributed by atoms with Gasteiger partial charge < -0.3 is 20.5 Å². The van der Waals surface area contributed by atoms with Crippen LogP contribution >= 0.6 is 0 Å². The number of aliphatic hydroxyl groups is 1. The molecule has 2 aromatic rings. The first-order valence-electron chi connectivity index (χ1n) is 7.57. The monoisotopic (exact) mass is 387 g/mol. The summed E-state index contributed by atoms with van der Waals surface area (Å²) in [6.45, 7) is 1.16. The van der Waals surface area contributed by atoms with Crippen LogP contribution in [0.2, 0.25) is 0 Å². The maximum Gasteiger partial charge on any atom is 0.433 e. The van der Waals surface area contributed by atoms with E-state index in [-0.39, 0.29) is 29.8 Å². The van der Waals surface area contributed by atoms with Crippen LogP contribution in [-0.2, 0) is 6.18 Å². The Morgan fingerprint density at radius 1 is 1.33 bits per heavy atom. The summed E-state index contributed by atoms with van der Waals surface area (Å²) in [6.07, 6.45) is -4.76. The molecule has 0 fully saturated rings. The summed E-state index contributed by atoms with van der Waals surface area (Å²) in [6, 6.07) is 3.85. The average molecular weight is 387 g/mol. The van der Waals surface area contributed by atoms with Gasteiger partial charge in [-0.25, -0.2) is 4.98 Å². The van der Waals surface area contributed by atoms with Crippen molar-refractivity contribution in [2.75, 3.05) is 24.4 Å². The highest BCUT2D eigenvalue weighted by atomic mass is 19.4. The number of nitrogens with one attached hydrogen (secondary N) is 2. The summed E-state index contributed by atoms with van der Waals surface area (Å²) in [5.74, 6) is -0.478. The number of aliphatic hydroxyl groups excluding tert-OH is 1. The van der Waals surface area contributed by atoms with Crippen molar-refractivity contribution in [1.82, 2.24) is 9.97 Å². The van der Waals surface area contributed by atoms with Crippen LogP contribution in [0.1, 0.15) is 12.6 Å². The Kier molecular flexibility index (Phi) is 6.00. The van der Waals surface area contributed by atoms with Gasteiger partial charge in [0.05, 0.1) is 24.7 Å². The van der Waals surface area contributed by atoms with Gasteiger partial charge in [-0.2, -0.15) is 18.2 Å². The standard InChI is InChI=1S/C15H16F3N5O4/c1-8(7-24)19-14-21-12(15(16,17)18)6-13(22-14)20-10-4-3-9(27-2)5-11(10)23(25)26/h3-6,8,24H,7H2,1-2H3,(H2,19,20,21,22)/t8-/m0/s1. The number of halogens is 3. The maximum atomic E-state index is 13.1. The number of nitrogens with zero attached hydrogens (tertiary/aromatic N) is 3. The molecule has 0 unspecified atom stereocenters. The van der Waals surface area contributed by atoms with Crippen LogP contribution < -0.4 is 15.4 Å². The molecule has 0 aliphatic rings. The summed E-state index contributed by atoms with van der Waals surface area (Å²) in [5.41, 5.74) is -1.72. The molecule has 0 amide bonds. The molecule has 27 heavy (non-hydrogen) atoms. The Morgan fingerprint density at radius 2 is 2.04 bits per heavy atom. The number of rotatable bonds is 7. The number of benzene rings is 1. The van der Waals surface area contributed by atoms with Gasteiger partial charge in [-0.05, 0) is 19.1 Å². The van der Waals surface area contributed by atoms with E-state index in [1.54, 1.807) is 0 Å². The number of hydrogen-bond acceptors (Lipinski definition) is 8. The fraction of sp³-hybridized carbons (Fsp3) is 0.333. The van der Waals surface area contributed by atoms with Crippen molar-refractivity contribution in [3.05, 3.63) is 40.1 Å². The first-order chi connectivity index (χ1) is 12.6. The SMILES string of the molecule is COc1ccc(Nc2cc(C(F)(F)F)nc(N[C@@H](C)CO)n2)c([N+](=O)[O-])c1. The van der Waals surface area contributed by atoms with Crippen molar-refractivity contribution in [2.24, 2.45) is 0 Å². The predicted octanol–water partition coefficient (Wildman–Crippen LogP) is 2.95. The molecule has 1 heterocycles. The molecule has 1 aromatic heterocycles. The van der Waals surface area contributed by atoms with Crippen molar-refractivity contribution in [3.63, 3.8) is 0 Å². The summed E-state index contributed by atoms with van der Waals surface area (Å²) < 4.78 is 44.2. The first kappa shape index (κ1) is 20.2. The fourth-order valence-corrected chi connectivity index (χ4v) is 2.02. The van der Waals surface area contributed by atoms with Crippen molar-refractivity contribution in [1.29, 1.82) is 0 Å². The third-order valence-electron chi connectivity index (χ3n) is 3.33. The van der Waals surface area contributed by atoms with Crippen molar-refractivity contribution < 1.29 is 27.9 Å². The molecule has 0 saturated carbocycles. The summed E-state index contributed by atoms with van der Waals surface area (Å²) in [7, 11) is 1.33. The van der Waals surface area contributed by atoms with Crippen LogP contribution in [0.15, 0.2) is 24.3 Å². The van der Waals surface area contributed by atoms with E-state index < -0.39 is 28.5 Å². The van der Waals surface area contributed by atoms with Gasteiger partial charge in [0.25, 0.3) is 5.69 Å². The van der Waals surface area contributed by atoms with Gasteiger partial charge in [0.1, 0.15) is 17.3 Å². The van der Waals surface area contributed by atoms with E-state index in [0.29, 0.717) is 6.07 Å². The molecule has 9 nitrogen and oxygen atoms in total. The lowest BCUT2D eigenvalue weighted by Gasteiger charge is -2.15. The lowest BCUT2D eigenvalue weighted by atomic mass is 10.2. The third kappa shape index (κ3) is 5.17. The zero-order valence-corrected chi connectivity index (χ0v) is 14.2. The summed E-state index contributed by atoms with van der Waals surface area (Å²) in [4.78, 5) is 17.8. The van der Waals surface area contributed by atoms with Gasteiger partial charge >= 0.3 is 6.18 Å². The van der Waals surface area contributed by atoms with Gasteiger partial charge in [-0.3, -0.25) is 10.1 Å². The Hall–Kier alpha value is -3.15. The number of hydrogen-bond donors (Lipinski definition) is 3. The van der Waals surface area contributed by atoms with Gasteiger partial charge in [-0.15, -0.1) is 0 Å². The largest absolute Gasteiger partial charge is 0.496 e. The number of methoxy groups -OCH3 is 1. The van der Waals surface area contributed by atoms with Crippen LogP contribution in [0, 0.1) is 10.1 Å². The zero-order chi connectivity index (χ0) is 20.2. The lowest BCUT2D eigenvalue weighted by molar-refractivity contribution is -0.384. The van der Waals surface area contributed by atoms with E-state index in [2.05, 4.69) is 20.6 Å². The number of nitro benzene ring substituents is 1. The Bertz CT molecular complexity index is 832. The molecule has 2 rings (SSSR count). The number of aromatic nitrogens is 2. The Labute approximate surface area is 151 Å². The van der Waals surface area contributed by atoms with Gasteiger partial charge in [0.15, 0.2) is 5.69 Å². The molecule has 0 bridgehead atoms. The molecule has 0 saturated heterocycles. The summed E-state index contributed by atoms with van der Waals surface area (Å²) >= 11 is 0. The topological polar surface area (TPSA) is 122 Å². The number of alkyl halides is 3. The molecule has 0 aliphatic carbocycles. The second kappa shape index (κ2) is 8.03. The quantitative estimate of drug-likeness (QED) is 0.490. The highest BCUT2D eigenvalue weighted by Gasteiger charge is 2.34.